The van der Waals surface area contributed by atoms with Gasteiger partial charge in [0, 0.05) is 18.1 Å². The Kier molecular flexibility index (Phi) is 4.73. The largest absolute Gasteiger partial charge is 0.484 e. The van der Waals surface area contributed by atoms with Crippen LogP contribution in [-0.4, -0.2) is 23.4 Å². The SMILES string of the molecule is NC(=O)COc1ccc(NC(=O)c2ccncc2Cl)cc1. The van der Waals surface area contributed by atoms with Crippen molar-refractivity contribution >= 4 is 29.1 Å². The first-order chi connectivity index (χ1) is 10.1. The molecule has 1 aromatic carbocycles. The van der Waals surface area contributed by atoms with Crippen LogP contribution in [0.15, 0.2) is 42.7 Å². The van der Waals surface area contributed by atoms with Gasteiger partial charge in [0.1, 0.15) is 5.75 Å². The number of nitrogens with zero attached hydrogens (tertiary/aromatic N) is 1. The normalized spacial score (nSPS) is 9.95. The number of rotatable bonds is 5. The first-order valence-electron chi connectivity index (χ1n) is 5.98. The van der Waals surface area contributed by atoms with E-state index in [1.54, 1.807) is 24.3 Å². The van der Waals surface area contributed by atoms with Gasteiger partial charge < -0.3 is 15.8 Å². The summed E-state index contributed by atoms with van der Waals surface area (Å²) in [5.74, 6) is -0.415. The highest BCUT2D eigenvalue weighted by atomic mass is 35.5. The Bertz CT molecular complexity index is 659. The number of nitrogens with two attached hydrogens (primary N) is 1. The van der Waals surface area contributed by atoms with E-state index < -0.39 is 5.91 Å². The predicted molar refractivity (Wildman–Crippen MR) is 78.3 cm³/mol. The van der Waals surface area contributed by atoms with Gasteiger partial charge in [-0.15, -0.1) is 0 Å². The van der Waals surface area contributed by atoms with Gasteiger partial charge in [-0.3, -0.25) is 14.6 Å². The molecule has 6 nitrogen and oxygen atoms in total. The van der Waals surface area contributed by atoms with Gasteiger partial charge in [0.05, 0.1) is 10.6 Å². The zero-order valence-electron chi connectivity index (χ0n) is 10.9. The molecule has 2 rings (SSSR count). The van der Waals surface area contributed by atoms with Gasteiger partial charge in [-0.2, -0.15) is 0 Å². The third-order valence-electron chi connectivity index (χ3n) is 2.51. The number of carbonyl (C=O) groups is 2. The lowest BCUT2D eigenvalue weighted by molar-refractivity contribution is -0.119. The van der Waals surface area contributed by atoms with Crippen LogP contribution in [0.5, 0.6) is 5.75 Å². The van der Waals surface area contributed by atoms with Crippen LogP contribution in [-0.2, 0) is 4.79 Å². The molecule has 0 radical (unpaired) electrons. The molecule has 0 unspecified atom stereocenters. The fourth-order valence-electron chi connectivity index (χ4n) is 1.55. The molecule has 0 atom stereocenters. The zero-order valence-corrected chi connectivity index (χ0v) is 11.6. The molecule has 2 amide bonds. The van der Waals surface area contributed by atoms with Gasteiger partial charge in [0.2, 0.25) is 0 Å². The molecular formula is C14H12ClN3O3. The van der Waals surface area contributed by atoms with Gasteiger partial charge in [0.25, 0.3) is 11.8 Å². The van der Waals surface area contributed by atoms with Crippen molar-refractivity contribution in [3.8, 4) is 5.75 Å². The van der Waals surface area contributed by atoms with Crippen LogP contribution in [0.1, 0.15) is 10.4 Å². The molecule has 3 N–H and O–H groups in total. The van der Waals surface area contributed by atoms with E-state index in [4.69, 9.17) is 22.1 Å². The van der Waals surface area contributed by atoms with Gasteiger partial charge >= 0.3 is 0 Å². The van der Waals surface area contributed by atoms with Gasteiger partial charge in [-0.25, -0.2) is 0 Å². The van der Waals surface area contributed by atoms with Crippen molar-refractivity contribution in [1.29, 1.82) is 0 Å². The van der Waals surface area contributed by atoms with Crippen LogP contribution in [0.2, 0.25) is 5.02 Å². The summed E-state index contributed by atoms with van der Waals surface area (Å²) in [7, 11) is 0. The number of pyridine rings is 1. The molecular weight excluding hydrogens is 294 g/mol. The number of nitrogens with one attached hydrogen (secondary N) is 1. The van der Waals surface area contributed by atoms with Crippen LogP contribution in [0, 0.1) is 0 Å². The van der Waals surface area contributed by atoms with Gasteiger partial charge in [-0.1, -0.05) is 11.6 Å². The maximum atomic E-state index is 12.0. The lowest BCUT2D eigenvalue weighted by atomic mass is 10.2. The topological polar surface area (TPSA) is 94.3 Å². The number of primary amides is 1. The summed E-state index contributed by atoms with van der Waals surface area (Å²) in [4.78, 5) is 26.4. The van der Waals surface area contributed by atoms with Crippen LogP contribution >= 0.6 is 11.6 Å². The summed E-state index contributed by atoms with van der Waals surface area (Å²) in [6.07, 6.45) is 2.89. The van der Waals surface area contributed by atoms with Crippen molar-refractivity contribution in [3.63, 3.8) is 0 Å². The summed E-state index contributed by atoms with van der Waals surface area (Å²) in [6.45, 7) is -0.196. The molecule has 0 spiro atoms. The minimum Gasteiger partial charge on any atom is -0.484 e. The summed E-state index contributed by atoms with van der Waals surface area (Å²) in [5, 5.41) is 2.97. The van der Waals surface area contributed by atoms with E-state index in [0.29, 0.717) is 17.0 Å². The molecule has 0 bridgehead atoms. The minimum absolute atomic E-state index is 0.196. The van der Waals surface area contributed by atoms with E-state index >= 15 is 0 Å². The van der Waals surface area contributed by atoms with E-state index in [1.165, 1.54) is 18.5 Å². The molecule has 0 saturated carbocycles. The number of amides is 2. The van der Waals surface area contributed by atoms with Crippen LogP contribution < -0.4 is 15.8 Å². The highest BCUT2D eigenvalue weighted by molar-refractivity contribution is 6.34. The Morgan fingerprint density at radius 3 is 2.57 bits per heavy atom. The Morgan fingerprint density at radius 2 is 1.95 bits per heavy atom. The monoisotopic (exact) mass is 305 g/mol. The standard InChI is InChI=1S/C14H12ClN3O3/c15-12-7-17-6-5-11(12)14(20)18-9-1-3-10(4-2-9)21-8-13(16)19/h1-7H,8H2,(H2,16,19)(H,18,20). The summed E-state index contributed by atoms with van der Waals surface area (Å²) in [6, 6.07) is 8.05. The van der Waals surface area contributed by atoms with Crippen molar-refractivity contribution in [2.45, 2.75) is 0 Å². The number of anilines is 1. The van der Waals surface area contributed by atoms with Gasteiger partial charge in [0.15, 0.2) is 6.61 Å². The number of aromatic nitrogens is 1. The lowest BCUT2D eigenvalue weighted by Gasteiger charge is -2.08. The maximum absolute atomic E-state index is 12.0. The van der Waals surface area contributed by atoms with Crippen LogP contribution in [0.3, 0.4) is 0 Å². The number of hydrogen-bond donors (Lipinski definition) is 2. The van der Waals surface area contributed by atoms with Crippen molar-refractivity contribution in [3.05, 3.63) is 53.3 Å². The Morgan fingerprint density at radius 1 is 1.24 bits per heavy atom. The smallest absolute Gasteiger partial charge is 0.257 e. The quantitative estimate of drug-likeness (QED) is 0.881. The summed E-state index contributed by atoms with van der Waals surface area (Å²) < 4.78 is 5.11. The average molecular weight is 306 g/mol. The van der Waals surface area contributed by atoms with Gasteiger partial charge in [-0.05, 0) is 30.3 Å². The maximum Gasteiger partial charge on any atom is 0.257 e. The highest BCUT2D eigenvalue weighted by Crippen LogP contribution is 2.18. The number of ether oxygens (including phenoxy) is 1. The third-order valence-corrected chi connectivity index (χ3v) is 2.81. The van der Waals surface area contributed by atoms with E-state index in [1.807, 2.05) is 0 Å². The fraction of sp³-hybridized carbons (Fsp3) is 0.0714. The lowest BCUT2D eigenvalue weighted by Crippen LogP contribution is -2.20. The van der Waals surface area contributed by atoms with Crippen molar-refractivity contribution in [1.82, 2.24) is 4.98 Å². The van der Waals surface area contributed by atoms with E-state index in [9.17, 15) is 9.59 Å². The molecule has 0 aliphatic rings. The van der Waals surface area contributed by atoms with E-state index in [0.717, 1.165) is 0 Å². The second kappa shape index (κ2) is 6.71. The molecule has 7 heteroatoms. The third kappa shape index (κ3) is 4.19. The van der Waals surface area contributed by atoms with Crippen molar-refractivity contribution in [2.75, 3.05) is 11.9 Å². The van der Waals surface area contributed by atoms with Crippen LogP contribution in [0.4, 0.5) is 5.69 Å². The Labute approximate surface area is 125 Å². The molecule has 0 aliphatic carbocycles. The summed E-state index contributed by atoms with van der Waals surface area (Å²) in [5.41, 5.74) is 5.88. The second-order valence-corrected chi connectivity index (χ2v) is 4.50. The summed E-state index contributed by atoms with van der Waals surface area (Å²) >= 11 is 5.89. The molecule has 21 heavy (non-hydrogen) atoms. The molecule has 0 fully saturated rings. The first-order valence-corrected chi connectivity index (χ1v) is 6.36. The zero-order chi connectivity index (χ0) is 15.2. The Hall–Kier alpha value is -2.60. The van der Waals surface area contributed by atoms with Crippen molar-refractivity contribution < 1.29 is 14.3 Å². The Balaban J connectivity index is 2.02. The fourth-order valence-corrected chi connectivity index (χ4v) is 1.75. The number of hydrogen-bond acceptors (Lipinski definition) is 4. The predicted octanol–water partition coefficient (Wildman–Crippen LogP) is 1.85. The molecule has 0 saturated heterocycles. The number of benzene rings is 1. The van der Waals surface area contributed by atoms with Crippen LogP contribution in [0.25, 0.3) is 0 Å². The van der Waals surface area contributed by atoms with Crippen molar-refractivity contribution in [2.24, 2.45) is 5.73 Å². The minimum atomic E-state index is -0.556. The second-order valence-electron chi connectivity index (χ2n) is 4.09. The molecule has 108 valence electrons. The molecule has 0 aliphatic heterocycles. The van der Waals surface area contributed by atoms with E-state index in [-0.39, 0.29) is 17.5 Å². The molecule has 1 aromatic heterocycles. The highest BCUT2D eigenvalue weighted by Gasteiger charge is 2.10. The first kappa shape index (κ1) is 14.8. The average Bonchev–Trinajstić information content (AvgIpc) is 2.47. The molecule has 1 heterocycles. The number of carbonyl (C=O) groups excluding carboxylic acids is 2. The molecule has 2 aromatic rings. The van der Waals surface area contributed by atoms with E-state index in [2.05, 4.69) is 10.3 Å². The number of halogens is 1.